The number of unbranched alkanes of at least 4 members (excludes halogenated alkanes) is 13. The minimum atomic E-state index is -4.60. The Balaban J connectivity index is 4.65. The van der Waals surface area contributed by atoms with E-state index in [9.17, 15) is 19.4 Å². The van der Waals surface area contributed by atoms with Crippen LogP contribution in [0.3, 0.4) is 0 Å². The molecule has 8 nitrogen and oxygen atoms in total. The number of aliphatic hydroxyl groups excluding tert-OH is 1. The van der Waals surface area contributed by atoms with Gasteiger partial charge in [-0.15, -0.1) is 0 Å². The van der Waals surface area contributed by atoms with E-state index in [-0.39, 0.29) is 12.5 Å². The first-order valence-electron chi connectivity index (χ1n) is 19.7. The molecule has 0 saturated heterocycles. The molecule has 0 aliphatic rings. The van der Waals surface area contributed by atoms with Gasteiger partial charge in [0.2, 0.25) is 5.91 Å². The van der Waals surface area contributed by atoms with Gasteiger partial charge in [-0.3, -0.25) is 9.36 Å². The van der Waals surface area contributed by atoms with Crippen molar-refractivity contribution in [3.63, 3.8) is 0 Å². The maximum Gasteiger partial charge on any atom is 0.268 e. The summed E-state index contributed by atoms with van der Waals surface area (Å²) in [5.74, 6) is -0.231. The predicted molar refractivity (Wildman–Crippen MR) is 210 cm³/mol. The van der Waals surface area contributed by atoms with Crippen LogP contribution in [0.2, 0.25) is 0 Å². The molecule has 2 N–H and O–H groups in total. The monoisotopic (exact) mass is 723 g/mol. The number of hydrogen-bond donors (Lipinski definition) is 2. The SMILES string of the molecule is CCC/C=C\C/C=C\CCCCCCCC(=O)NC(COP(=O)([O-])OCC[N+](C)(C)C)C(O)/C=C/CC/C=C/CC/C=C/CCCCCCC. The number of allylic oxidation sites excluding steroid dienone is 9. The lowest BCUT2D eigenvalue weighted by molar-refractivity contribution is -0.870. The maximum absolute atomic E-state index is 12.8. The number of quaternary nitrogens is 1. The van der Waals surface area contributed by atoms with Crippen LogP contribution in [0.4, 0.5) is 0 Å². The summed E-state index contributed by atoms with van der Waals surface area (Å²) < 4.78 is 23.1. The molecule has 0 aliphatic carbocycles. The van der Waals surface area contributed by atoms with E-state index in [0.29, 0.717) is 17.4 Å². The van der Waals surface area contributed by atoms with Crippen LogP contribution < -0.4 is 10.2 Å². The Bertz CT molecular complexity index is 1000. The molecule has 0 aliphatic heterocycles. The second kappa shape index (κ2) is 33.1. The number of nitrogens with zero attached hydrogens (tertiary/aromatic N) is 1. The Kier molecular flexibility index (Phi) is 31.9. The smallest absolute Gasteiger partial charge is 0.268 e. The van der Waals surface area contributed by atoms with Gasteiger partial charge < -0.3 is 28.8 Å². The van der Waals surface area contributed by atoms with Gasteiger partial charge in [0.05, 0.1) is 39.9 Å². The van der Waals surface area contributed by atoms with E-state index in [0.717, 1.165) is 77.0 Å². The van der Waals surface area contributed by atoms with Crippen LogP contribution in [-0.2, 0) is 18.4 Å². The number of hydrogen-bond acceptors (Lipinski definition) is 6. The Morgan fingerprint density at radius 3 is 1.82 bits per heavy atom. The number of aliphatic hydroxyl groups is 1. The molecule has 3 atom stereocenters. The second-order valence-corrected chi connectivity index (χ2v) is 15.7. The van der Waals surface area contributed by atoms with Crippen molar-refractivity contribution in [3.8, 4) is 0 Å². The van der Waals surface area contributed by atoms with E-state index >= 15 is 0 Å². The molecule has 290 valence electrons. The normalized spacial score (nSPS) is 15.3. The number of carbonyl (C=O) groups is 1. The number of amides is 1. The fourth-order valence-electron chi connectivity index (χ4n) is 4.98. The van der Waals surface area contributed by atoms with Crippen molar-refractivity contribution in [1.82, 2.24) is 5.32 Å². The molecule has 9 heteroatoms. The number of phosphoric ester groups is 1. The topological polar surface area (TPSA) is 108 Å². The van der Waals surface area contributed by atoms with Crippen LogP contribution in [0.1, 0.15) is 142 Å². The summed E-state index contributed by atoms with van der Waals surface area (Å²) in [6.45, 7) is 4.49. The average molecular weight is 723 g/mol. The van der Waals surface area contributed by atoms with Crippen molar-refractivity contribution in [3.05, 3.63) is 60.8 Å². The van der Waals surface area contributed by atoms with Crippen LogP contribution in [0.5, 0.6) is 0 Å². The molecule has 1 amide bonds. The maximum atomic E-state index is 12.8. The Hall–Kier alpha value is -1.80. The highest BCUT2D eigenvalue weighted by Gasteiger charge is 2.23. The first-order valence-corrected chi connectivity index (χ1v) is 21.1. The Morgan fingerprint density at radius 1 is 0.700 bits per heavy atom. The van der Waals surface area contributed by atoms with Gasteiger partial charge in [0, 0.05) is 6.42 Å². The van der Waals surface area contributed by atoms with Crippen LogP contribution in [0.25, 0.3) is 0 Å². The average Bonchev–Trinajstić information content (AvgIpc) is 3.06. The van der Waals surface area contributed by atoms with Gasteiger partial charge in [-0.1, -0.05) is 126 Å². The quantitative estimate of drug-likeness (QED) is 0.0297. The zero-order valence-electron chi connectivity index (χ0n) is 32.6. The summed E-state index contributed by atoms with van der Waals surface area (Å²) in [6, 6.07) is -0.916. The molecule has 0 aromatic carbocycles. The number of phosphoric acid groups is 1. The van der Waals surface area contributed by atoms with Gasteiger partial charge in [0.15, 0.2) is 0 Å². The van der Waals surface area contributed by atoms with Gasteiger partial charge >= 0.3 is 0 Å². The van der Waals surface area contributed by atoms with E-state index in [2.05, 4.69) is 67.8 Å². The van der Waals surface area contributed by atoms with Crippen molar-refractivity contribution < 1.29 is 32.9 Å². The number of likely N-dealkylation sites (N-methyl/N-ethyl adjacent to an activating group) is 1. The van der Waals surface area contributed by atoms with Crippen LogP contribution in [0.15, 0.2) is 60.8 Å². The van der Waals surface area contributed by atoms with Crippen LogP contribution in [-0.4, -0.2) is 68.5 Å². The summed E-state index contributed by atoms with van der Waals surface area (Å²) in [5, 5.41) is 13.7. The fraction of sp³-hybridized carbons (Fsp3) is 0.732. The molecule has 0 saturated carbocycles. The molecule has 0 fully saturated rings. The third kappa shape index (κ3) is 34.6. The number of carbonyl (C=O) groups excluding carboxylic acids is 1. The highest BCUT2D eigenvalue weighted by molar-refractivity contribution is 7.45. The molecule has 0 aromatic rings. The molecule has 0 rings (SSSR count). The zero-order chi connectivity index (χ0) is 37.2. The lowest BCUT2D eigenvalue weighted by atomic mass is 10.1. The van der Waals surface area contributed by atoms with Crippen LogP contribution >= 0.6 is 7.82 Å². The van der Waals surface area contributed by atoms with Gasteiger partial charge in [-0.05, 0) is 70.6 Å². The summed E-state index contributed by atoms with van der Waals surface area (Å²) in [5.41, 5.74) is 0. The minimum Gasteiger partial charge on any atom is -0.756 e. The van der Waals surface area contributed by atoms with Gasteiger partial charge in [-0.25, -0.2) is 0 Å². The van der Waals surface area contributed by atoms with E-state index < -0.39 is 26.6 Å². The molecule has 0 spiro atoms. The molecular formula is C41H75N2O6P. The van der Waals surface area contributed by atoms with Crippen molar-refractivity contribution in [2.24, 2.45) is 0 Å². The molecule has 0 bridgehead atoms. The standard InChI is InChI=1S/C41H75N2O6P/c1-6-8-10-12-14-16-18-20-21-23-24-26-28-30-32-34-40(44)39(38-49-50(46,47)48-37-36-43(3,4)5)42-41(45)35-33-31-29-27-25-22-19-17-15-13-11-9-7-2/h11,13,17-20,24,26,32,34,39-40,44H,6-10,12,14-16,21-23,25,27-31,33,35-38H2,1-5H3,(H-,42,45,46,47)/b13-11-,19-17-,20-18+,26-24+,34-32+. The largest absolute Gasteiger partial charge is 0.756 e. The van der Waals surface area contributed by atoms with Crippen LogP contribution in [0, 0.1) is 0 Å². The van der Waals surface area contributed by atoms with Crippen molar-refractivity contribution in [2.75, 3.05) is 40.9 Å². The fourth-order valence-corrected chi connectivity index (χ4v) is 5.71. The molecule has 0 heterocycles. The summed E-state index contributed by atoms with van der Waals surface area (Å²) in [6.07, 6.45) is 41.2. The molecular weight excluding hydrogens is 647 g/mol. The highest BCUT2D eigenvalue weighted by Crippen LogP contribution is 2.38. The molecule has 50 heavy (non-hydrogen) atoms. The Labute approximate surface area is 307 Å². The van der Waals surface area contributed by atoms with Gasteiger partial charge in [0.1, 0.15) is 13.2 Å². The van der Waals surface area contributed by atoms with Crippen molar-refractivity contribution in [1.29, 1.82) is 0 Å². The third-order valence-corrected chi connectivity index (χ3v) is 9.12. The first-order chi connectivity index (χ1) is 24.0. The van der Waals surface area contributed by atoms with Gasteiger partial charge in [-0.2, -0.15) is 0 Å². The third-order valence-electron chi connectivity index (χ3n) is 8.16. The minimum absolute atomic E-state index is 0.0145. The molecule has 3 unspecified atom stereocenters. The van der Waals surface area contributed by atoms with Crippen molar-refractivity contribution in [2.45, 2.75) is 154 Å². The lowest BCUT2D eigenvalue weighted by Crippen LogP contribution is -2.45. The summed E-state index contributed by atoms with van der Waals surface area (Å²) >= 11 is 0. The second-order valence-electron chi connectivity index (χ2n) is 14.3. The Morgan fingerprint density at radius 2 is 1.22 bits per heavy atom. The number of nitrogens with one attached hydrogen (secondary N) is 1. The predicted octanol–water partition coefficient (Wildman–Crippen LogP) is 9.66. The van der Waals surface area contributed by atoms with E-state index in [1.165, 1.54) is 44.9 Å². The van der Waals surface area contributed by atoms with E-state index in [1.807, 2.05) is 27.2 Å². The lowest BCUT2D eigenvalue weighted by Gasteiger charge is -2.29. The van der Waals surface area contributed by atoms with E-state index in [1.54, 1.807) is 6.08 Å². The van der Waals surface area contributed by atoms with Crippen molar-refractivity contribution >= 4 is 13.7 Å². The zero-order valence-corrected chi connectivity index (χ0v) is 33.5. The molecule has 0 radical (unpaired) electrons. The summed E-state index contributed by atoms with van der Waals surface area (Å²) in [7, 11) is 1.21. The molecule has 0 aromatic heterocycles. The first kappa shape index (κ1) is 48.2. The van der Waals surface area contributed by atoms with Gasteiger partial charge in [0.25, 0.3) is 7.82 Å². The number of rotatable bonds is 34. The summed E-state index contributed by atoms with van der Waals surface area (Å²) in [4.78, 5) is 25.2. The van der Waals surface area contributed by atoms with E-state index in [4.69, 9.17) is 9.05 Å². The highest BCUT2D eigenvalue weighted by atomic mass is 31.2.